The molecule has 0 bridgehead atoms. The van der Waals surface area contributed by atoms with E-state index in [0.29, 0.717) is 25.9 Å². The highest BCUT2D eigenvalue weighted by Gasteiger charge is 2.39. The summed E-state index contributed by atoms with van der Waals surface area (Å²) in [4.78, 5) is 25.5. The van der Waals surface area contributed by atoms with Gasteiger partial charge in [0.15, 0.2) is 0 Å². The van der Waals surface area contributed by atoms with Crippen LogP contribution in [0.5, 0.6) is 0 Å². The minimum atomic E-state index is -0.820. The maximum atomic E-state index is 12.4. The van der Waals surface area contributed by atoms with E-state index in [9.17, 15) is 14.7 Å². The van der Waals surface area contributed by atoms with Gasteiger partial charge in [0, 0.05) is 17.6 Å². The number of amides is 1. The van der Waals surface area contributed by atoms with Crippen molar-refractivity contribution in [1.29, 1.82) is 0 Å². The third-order valence-electron chi connectivity index (χ3n) is 4.21. The van der Waals surface area contributed by atoms with Crippen molar-refractivity contribution in [2.24, 2.45) is 5.41 Å². The molecule has 1 atom stereocenters. The molecule has 1 saturated heterocycles. The number of nitrogens with zero attached hydrogens (tertiary/aromatic N) is 1. The quantitative estimate of drug-likeness (QED) is 0.908. The number of aryl methyl sites for hydroxylation is 1. The molecule has 1 aromatic carbocycles. The van der Waals surface area contributed by atoms with E-state index < -0.39 is 11.4 Å². The summed E-state index contributed by atoms with van der Waals surface area (Å²) in [5.74, 6) is -0.813. The van der Waals surface area contributed by atoms with Crippen LogP contribution in [0.3, 0.4) is 0 Å². The Bertz CT molecular complexity index is 573. The molecule has 0 aromatic heterocycles. The lowest BCUT2D eigenvalue weighted by Crippen LogP contribution is -2.48. The molecule has 0 radical (unpaired) electrons. The second kappa shape index (κ2) is 6.18. The van der Waals surface area contributed by atoms with Gasteiger partial charge in [0.05, 0.1) is 11.8 Å². The highest BCUT2D eigenvalue weighted by molar-refractivity contribution is 9.10. The molecule has 1 N–H and O–H groups in total. The molecule has 0 aliphatic carbocycles. The van der Waals surface area contributed by atoms with Crippen molar-refractivity contribution in [3.8, 4) is 0 Å². The summed E-state index contributed by atoms with van der Waals surface area (Å²) in [6.07, 6.45) is 1.70. The molecule has 2 rings (SSSR count). The molecule has 21 heavy (non-hydrogen) atoms. The lowest BCUT2D eigenvalue weighted by molar-refractivity contribution is -0.153. The van der Waals surface area contributed by atoms with E-state index in [2.05, 4.69) is 15.9 Å². The summed E-state index contributed by atoms with van der Waals surface area (Å²) in [7, 11) is 0. The third kappa shape index (κ3) is 3.64. The maximum Gasteiger partial charge on any atom is 0.311 e. The van der Waals surface area contributed by atoms with Crippen LogP contribution in [-0.4, -0.2) is 35.0 Å². The second-order valence-corrected chi connectivity index (χ2v) is 6.95. The topological polar surface area (TPSA) is 57.6 Å². The molecule has 1 aromatic rings. The van der Waals surface area contributed by atoms with Crippen molar-refractivity contribution >= 4 is 27.8 Å². The van der Waals surface area contributed by atoms with E-state index in [0.717, 1.165) is 22.0 Å². The van der Waals surface area contributed by atoms with E-state index in [1.807, 2.05) is 25.1 Å². The van der Waals surface area contributed by atoms with E-state index in [1.54, 1.807) is 11.8 Å². The average Bonchev–Trinajstić information content (AvgIpc) is 2.41. The van der Waals surface area contributed by atoms with E-state index in [-0.39, 0.29) is 5.91 Å². The number of aliphatic carboxylic acids is 1. The van der Waals surface area contributed by atoms with Crippen LogP contribution in [0.2, 0.25) is 0 Å². The van der Waals surface area contributed by atoms with E-state index in [1.165, 1.54) is 0 Å². The van der Waals surface area contributed by atoms with Crippen LogP contribution in [0.25, 0.3) is 0 Å². The molecular weight excluding hydrogens is 334 g/mol. The van der Waals surface area contributed by atoms with Crippen molar-refractivity contribution in [3.63, 3.8) is 0 Å². The fourth-order valence-corrected chi connectivity index (χ4v) is 3.23. The normalized spacial score (nSPS) is 22.1. The summed E-state index contributed by atoms with van der Waals surface area (Å²) >= 11 is 3.41. The summed E-state index contributed by atoms with van der Waals surface area (Å²) in [6.45, 7) is 4.65. The number of carbonyl (C=O) groups is 2. The number of benzene rings is 1. The molecule has 114 valence electrons. The number of halogens is 1. The zero-order valence-electron chi connectivity index (χ0n) is 12.4. The standard InChI is InChI=1S/C16H20BrNO3/c1-11-8-13(17)5-4-12(11)9-14(19)18-7-3-6-16(2,10-18)15(20)21/h4-5,8H,3,6-7,9-10H2,1-2H3,(H,20,21). The molecule has 4 nitrogen and oxygen atoms in total. The number of carbonyl (C=O) groups excluding carboxylic acids is 1. The fourth-order valence-electron chi connectivity index (χ4n) is 2.76. The van der Waals surface area contributed by atoms with Gasteiger partial charge in [-0.2, -0.15) is 0 Å². The first-order valence-electron chi connectivity index (χ1n) is 7.08. The van der Waals surface area contributed by atoms with Crippen LogP contribution in [0.15, 0.2) is 22.7 Å². The second-order valence-electron chi connectivity index (χ2n) is 6.03. The van der Waals surface area contributed by atoms with E-state index >= 15 is 0 Å². The predicted molar refractivity (Wildman–Crippen MR) is 84.1 cm³/mol. The first-order chi connectivity index (χ1) is 9.82. The Labute approximate surface area is 133 Å². The molecular formula is C16H20BrNO3. The molecule has 1 fully saturated rings. The molecule has 0 spiro atoms. The predicted octanol–water partition coefficient (Wildman–Crippen LogP) is 3.01. The van der Waals surface area contributed by atoms with Gasteiger partial charge >= 0.3 is 5.97 Å². The number of carboxylic acid groups (broad SMARTS) is 1. The molecule has 1 amide bonds. The average molecular weight is 354 g/mol. The SMILES string of the molecule is Cc1cc(Br)ccc1CC(=O)N1CCCC(C)(C(=O)O)C1. The van der Waals surface area contributed by atoms with Gasteiger partial charge in [-0.05, 0) is 49.9 Å². The van der Waals surface area contributed by atoms with Gasteiger partial charge in [0.2, 0.25) is 5.91 Å². The Morgan fingerprint density at radius 1 is 1.43 bits per heavy atom. The Morgan fingerprint density at radius 2 is 2.14 bits per heavy atom. The monoisotopic (exact) mass is 353 g/mol. The molecule has 5 heteroatoms. The minimum absolute atomic E-state index is 0.00703. The number of piperidine rings is 1. The zero-order chi connectivity index (χ0) is 15.6. The van der Waals surface area contributed by atoms with Gasteiger partial charge in [-0.15, -0.1) is 0 Å². The third-order valence-corrected chi connectivity index (χ3v) is 4.71. The van der Waals surface area contributed by atoms with Crippen molar-refractivity contribution in [3.05, 3.63) is 33.8 Å². The van der Waals surface area contributed by atoms with Crippen molar-refractivity contribution < 1.29 is 14.7 Å². The number of carboxylic acids is 1. The van der Waals surface area contributed by atoms with Crippen LogP contribution < -0.4 is 0 Å². The summed E-state index contributed by atoms with van der Waals surface area (Å²) in [5.41, 5.74) is 1.24. The summed E-state index contributed by atoms with van der Waals surface area (Å²) < 4.78 is 0.993. The highest BCUT2D eigenvalue weighted by Crippen LogP contribution is 2.30. The maximum absolute atomic E-state index is 12.4. The Balaban J connectivity index is 2.08. The van der Waals surface area contributed by atoms with Gasteiger partial charge < -0.3 is 10.0 Å². The molecule has 1 unspecified atom stereocenters. The number of hydrogen-bond donors (Lipinski definition) is 1. The lowest BCUT2D eigenvalue weighted by atomic mass is 9.82. The van der Waals surface area contributed by atoms with Crippen LogP contribution in [0, 0.1) is 12.3 Å². The number of likely N-dealkylation sites (tertiary alicyclic amines) is 1. The van der Waals surface area contributed by atoms with Crippen LogP contribution >= 0.6 is 15.9 Å². The minimum Gasteiger partial charge on any atom is -0.481 e. The van der Waals surface area contributed by atoms with Gasteiger partial charge in [-0.25, -0.2) is 0 Å². The first-order valence-corrected chi connectivity index (χ1v) is 7.87. The summed E-state index contributed by atoms with van der Waals surface area (Å²) in [6, 6.07) is 5.85. The number of rotatable bonds is 3. The molecule has 1 aliphatic heterocycles. The van der Waals surface area contributed by atoms with Crippen LogP contribution in [-0.2, 0) is 16.0 Å². The Kier molecular flexibility index (Phi) is 4.71. The van der Waals surface area contributed by atoms with Crippen molar-refractivity contribution in [2.45, 2.75) is 33.1 Å². The summed E-state index contributed by atoms with van der Waals surface area (Å²) in [5, 5.41) is 9.32. The van der Waals surface area contributed by atoms with Crippen LogP contribution in [0.4, 0.5) is 0 Å². The first kappa shape index (κ1) is 16.0. The van der Waals surface area contributed by atoms with Gasteiger partial charge in [0.1, 0.15) is 0 Å². The van der Waals surface area contributed by atoms with Crippen LogP contribution in [0.1, 0.15) is 30.9 Å². The van der Waals surface area contributed by atoms with Gasteiger partial charge in [0.25, 0.3) is 0 Å². The van der Waals surface area contributed by atoms with E-state index in [4.69, 9.17) is 0 Å². The molecule has 1 heterocycles. The Hall–Kier alpha value is -1.36. The fraction of sp³-hybridized carbons (Fsp3) is 0.500. The largest absolute Gasteiger partial charge is 0.481 e. The molecule has 1 aliphatic rings. The lowest BCUT2D eigenvalue weighted by Gasteiger charge is -2.37. The van der Waals surface area contributed by atoms with Gasteiger partial charge in [-0.1, -0.05) is 22.0 Å². The van der Waals surface area contributed by atoms with Gasteiger partial charge in [-0.3, -0.25) is 9.59 Å². The Morgan fingerprint density at radius 3 is 2.76 bits per heavy atom. The highest BCUT2D eigenvalue weighted by atomic mass is 79.9. The van der Waals surface area contributed by atoms with Crippen molar-refractivity contribution in [1.82, 2.24) is 4.90 Å². The molecule has 0 saturated carbocycles. The smallest absolute Gasteiger partial charge is 0.311 e. The zero-order valence-corrected chi connectivity index (χ0v) is 13.9. The number of hydrogen-bond acceptors (Lipinski definition) is 2. The van der Waals surface area contributed by atoms with Crippen molar-refractivity contribution in [2.75, 3.05) is 13.1 Å².